The molecule has 3 heterocycles. The van der Waals surface area contributed by atoms with Crippen molar-refractivity contribution in [3.63, 3.8) is 0 Å². The number of likely N-dealkylation sites (tertiary alicyclic amines) is 1. The zero-order valence-electron chi connectivity index (χ0n) is 19.2. The van der Waals surface area contributed by atoms with Crippen molar-refractivity contribution in [2.45, 2.75) is 57.0 Å². The molecule has 3 aliphatic heterocycles. The van der Waals surface area contributed by atoms with Gasteiger partial charge in [-0.1, -0.05) is 36.4 Å². The van der Waals surface area contributed by atoms with Gasteiger partial charge in [0.1, 0.15) is 11.6 Å². The Kier molecular flexibility index (Phi) is 6.59. The zero-order chi connectivity index (χ0) is 23.8. The standard InChI is InChI=1S/C25H32N2O6/c1-4-13-26(14-17-9-7-6-8-10-17)23(30)21-25-12-11-18(33-25)19(24(31)32-5-2)20(25)22(29)27(21)16(3)15-28/h4,6-10,16,18-21,28H,1,5,11-15H2,2-3H3/t16-,18-,19+,20+,21-,25+/m1/s1. The van der Waals surface area contributed by atoms with Crippen molar-refractivity contribution in [3.05, 3.63) is 48.6 Å². The highest BCUT2D eigenvalue weighted by molar-refractivity contribution is 5.98. The molecule has 2 amide bonds. The van der Waals surface area contributed by atoms with Crippen LogP contribution < -0.4 is 0 Å². The molecule has 1 aromatic carbocycles. The summed E-state index contributed by atoms with van der Waals surface area (Å²) in [5, 5.41) is 9.91. The number of carbonyl (C=O) groups excluding carboxylic acids is 3. The number of hydrogen-bond donors (Lipinski definition) is 1. The van der Waals surface area contributed by atoms with Gasteiger partial charge in [0.15, 0.2) is 0 Å². The molecular weight excluding hydrogens is 424 g/mol. The number of aliphatic hydroxyl groups is 1. The molecule has 1 N–H and O–H groups in total. The second-order valence-electron chi connectivity index (χ2n) is 9.08. The number of ether oxygens (including phenoxy) is 2. The van der Waals surface area contributed by atoms with E-state index in [9.17, 15) is 19.5 Å². The molecule has 1 spiro atoms. The Balaban J connectivity index is 1.73. The predicted molar refractivity (Wildman–Crippen MR) is 120 cm³/mol. The Labute approximate surface area is 194 Å². The van der Waals surface area contributed by atoms with Crippen molar-refractivity contribution in [2.24, 2.45) is 11.8 Å². The molecule has 0 unspecified atom stereocenters. The summed E-state index contributed by atoms with van der Waals surface area (Å²) in [6, 6.07) is 8.08. The number of nitrogens with zero attached hydrogens (tertiary/aromatic N) is 2. The van der Waals surface area contributed by atoms with Gasteiger partial charge in [-0.2, -0.15) is 0 Å². The third-order valence-electron chi connectivity index (χ3n) is 7.15. The summed E-state index contributed by atoms with van der Waals surface area (Å²) < 4.78 is 11.6. The lowest BCUT2D eigenvalue weighted by Crippen LogP contribution is -2.58. The fourth-order valence-electron chi connectivity index (χ4n) is 5.80. The number of esters is 1. The van der Waals surface area contributed by atoms with Gasteiger partial charge in [-0.25, -0.2) is 0 Å². The molecule has 0 saturated carbocycles. The van der Waals surface area contributed by atoms with Crippen LogP contribution in [0.5, 0.6) is 0 Å². The van der Waals surface area contributed by atoms with E-state index in [0.717, 1.165) is 5.56 Å². The maximum atomic E-state index is 14.1. The summed E-state index contributed by atoms with van der Waals surface area (Å²) >= 11 is 0. The highest BCUT2D eigenvalue weighted by atomic mass is 16.6. The van der Waals surface area contributed by atoms with Crippen molar-refractivity contribution in [3.8, 4) is 0 Å². The lowest BCUT2D eigenvalue weighted by atomic mass is 9.70. The van der Waals surface area contributed by atoms with Crippen LogP contribution in [0.2, 0.25) is 0 Å². The van der Waals surface area contributed by atoms with E-state index in [4.69, 9.17) is 9.47 Å². The first-order valence-electron chi connectivity index (χ1n) is 11.6. The van der Waals surface area contributed by atoms with Gasteiger partial charge >= 0.3 is 5.97 Å². The minimum absolute atomic E-state index is 0.208. The monoisotopic (exact) mass is 456 g/mol. The van der Waals surface area contributed by atoms with Crippen LogP contribution in [0.4, 0.5) is 0 Å². The van der Waals surface area contributed by atoms with E-state index < -0.39 is 41.6 Å². The summed E-state index contributed by atoms with van der Waals surface area (Å²) in [7, 11) is 0. The highest BCUT2D eigenvalue weighted by Crippen LogP contribution is 2.59. The molecule has 3 fully saturated rings. The third-order valence-corrected chi connectivity index (χ3v) is 7.15. The molecule has 6 atom stereocenters. The summed E-state index contributed by atoms with van der Waals surface area (Å²) in [6.07, 6.45) is 2.30. The zero-order valence-corrected chi connectivity index (χ0v) is 19.2. The van der Waals surface area contributed by atoms with E-state index in [1.165, 1.54) is 4.90 Å². The average Bonchev–Trinajstić information content (AvgIpc) is 3.46. The Hall–Kier alpha value is -2.71. The van der Waals surface area contributed by atoms with E-state index in [1.54, 1.807) is 24.8 Å². The molecule has 178 valence electrons. The molecule has 0 radical (unpaired) electrons. The van der Waals surface area contributed by atoms with E-state index in [-0.39, 0.29) is 25.0 Å². The number of fused-ring (bicyclic) bond motifs is 1. The fraction of sp³-hybridized carbons (Fsp3) is 0.560. The van der Waals surface area contributed by atoms with E-state index in [1.807, 2.05) is 30.3 Å². The van der Waals surface area contributed by atoms with Crippen molar-refractivity contribution >= 4 is 17.8 Å². The molecule has 0 aliphatic carbocycles. The van der Waals surface area contributed by atoms with E-state index in [0.29, 0.717) is 25.9 Å². The Morgan fingerprint density at radius 3 is 2.76 bits per heavy atom. The highest BCUT2D eigenvalue weighted by Gasteiger charge is 2.75. The molecule has 4 rings (SSSR count). The second kappa shape index (κ2) is 9.27. The average molecular weight is 457 g/mol. The van der Waals surface area contributed by atoms with Crippen molar-refractivity contribution < 1.29 is 29.0 Å². The summed E-state index contributed by atoms with van der Waals surface area (Å²) in [6.45, 7) is 7.78. The number of carbonyl (C=O) groups is 3. The van der Waals surface area contributed by atoms with Crippen LogP contribution >= 0.6 is 0 Å². The molecule has 33 heavy (non-hydrogen) atoms. The maximum Gasteiger partial charge on any atom is 0.312 e. The topological polar surface area (TPSA) is 96.4 Å². The molecule has 8 nitrogen and oxygen atoms in total. The van der Waals surface area contributed by atoms with Gasteiger partial charge in [0.25, 0.3) is 0 Å². The Morgan fingerprint density at radius 2 is 2.12 bits per heavy atom. The number of hydrogen-bond acceptors (Lipinski definition) is 6. The number of aliphatic hydroxyl groups excluding tert-OH is 1. The fourth-order valence-corrected chi connectivity index (χ4v) is 5.80. The molecule has 0 aromatic heterocycles. The van der Waals surface area contributed by atoms with Crippen LogP contribution in [0.25, 0.3) is 0 Å². The summed E-state index contributed by atoms with van der Waals surface area (Å²) in [5.41, 5.74) is -0.149. The first-order valence-corrected chi connectivity index (χ1v) is 11.6. The largest absolute Gasteiger partial charge is 0.466 e. The predicted octanol–water partition coefficient (Wildman–Crippen LogP) is 1.52. The summed E-state index contributed by atoms with van der Waals surface area (Å²) in [5.74, 6) is -2.58. The lowest BCUT2D eigenvalue weighted by molar-refractivity contribution is -0.156. The first kappa shape index (κ1) is 23.4. The van der Waals surface area contributed by atoms with E-state index >= 15 is 0 Å². The molecule has 1 aromatic rings. The minimum Gasteiger partial charge on any atom is -0.466 e. The van der Waals surface area contributed by atoms with Crippen molar-refractivity contribution in [1.82, 2.24) is 9.80 Å². The minimum atomic E-state index is -1.10. The molecule has 3 aliphatic rings. The molecule has 8 heteroatoms. The van der Waals surface area contributed by atoms with Gasteiger partial charge in [-0.3, -0.25) is 14.4 Å². The van der Waals surface area contributed by atoms with Gasteiger partial charge in [-0.15, -0.1) is 6.58 Å². The normalized spacial score (nSPS) is 30.8. The number of rotatable bonds is 9. The van der Waals surface area contributed by atoms with Crippen LogP contribution in [0.3, 0.4) is 0 Å². The van der Waals surface area contributed by atoms with Crippen molar-refractivity contribution in [2.75, 3.05) is 19.8 Å². The first-order chi connectivity index (χ1) is 15.9. The van der Waals surface area contributed by atoms with Gasteiger partial charge in [-0.05, 0) is 32.3 Å². The number of benzene rings is 1. The van der Waals surface area contributed by atoms with Crippen molar-refractivity contribution in [1.29, 1.82) is 0 Å². The van der Waals surface area contributed by atoms with Gasteiger partial charge in [0.2, 0.25) is 11.8 Å². The Bertz CT molecular complexity index is 921. The summed E-state index contributed by atoms with van der Waals surface area (Å²) in [4.78, 5) is 43.6. The van der Waals surface area contributed by atoms with Gasteiger partial charge in [0, 0.05) is 13.1 Å². The molecule has 3 saturated heterocycles. The third kappa shape index (κ3) is 3.75. The van der Waals surface area contributed by atoms with Crippen LogP contribution in [-0.4, -0.2) is 76.2 Å². The quantitative estimate of drug-likeness (QED) is 0.447. The smallest absolute Gasteiger partial charge is 0.312 e. The van der Waals surface area contributed by atoms with E-state index in [2.05, 4.69) is 6.58 Å². The maximum absolute atomic E-state index is 14.1. The number of amides is 2. The van der Waals surface area contributed by atoms with Gasteiger partial charge in [0.05, 0.1) is 37.2 Å². The van der Waals surface area contributed by atoms with Crippen LogP contribution in [0.15, 0.2) is 43.0 Å². The van der Waals surface area contributed by atoms with Crippen LogP contribution in [-0.2, 0) is 30.4 Å². The molecule has 2 bridgehead atoms. The van der Waals surface area contributed by atoms with Gasteiger partial charge < -0.3 is 24.4 Å². The van der Waals surface area contributed by atoms with Crippen LogP contribution in [0.1, 0.15) is 32.3 Å². The second-order valence-corrected chi connectivity index (χ2v) is 9.08. The van der Waals surface area contributed by atoms with Crippen LogP contribution in [0, 0.1) is 11.8 Å². The lowest BCUT2D eigenvalue weighted by Gasteiger charge is -2.38. The molecular formula is C25H32N2O6. The SMILES string of the molecule is C=CCN(Cc1ccccc1)C(=O)[C@H]1N([C@H](C)CO)C(=O)[C@@H]2[C@@H](C(=O)OCC)[C@H]3CC[C@]21O3. The Morgan fingerprint density at radius 1 is 1.39 bits per heavy atom.